The fraction of sp³-hybridized carbons (Fsp3) is 0.280. The van der Waals surface area contributed by atoms with Crippen LogP contribution >= 0.6 is 0 Å². The van der Waals surface area contributed by atoms with Crippen molar-refractivity contribution < 1.29 is 28.3 Å². The molecule has 4 rings (SSSR count). The van der Waals surface area contributed by atoms with Crippen molar-refractivity contribution in [1.29, 1.82) is 0 Å². The fourth-order valence-corrected chi connectivity index (χ4v) is 3.42. The molecule has 0 spiro atoms. The highest BCUT2D eigenvalue weighted by Gasteiger charge is 2.46. The highest BCUT2D eigenvalue weighted by Crippen LogP contribution is 2.34. The lowest BCUT2D eigenvalue weighted by Gasteiger charge is -2.18. The number of oxazole rings is 1. The Morgan fingerprint density at radius 1 is 0.882 bits per heavy atom. The monoisotopic (exact) mass is 463 g/mol. The largest absolute Gasteiger partial charge is 0.490 e. The van der Waals surface area contributed by atoms with E-state index in [2.05, 4.69) is 4.98 Å². The Balaban J connectivity index is 1.55. The number of urea groups is 1. The molecule has 1 aliphatic heterocycles. The van der Waals surface area contributed by atoms with E-state index in [1.165, 1.54) is 12.3 Å². The van der Waals surface area contributed by atoms with Gasteiger partial charge in [0.2, 0.25) is 5.89 Å². The van der Waals surface area contributed by atoms with E-state index in [1.807, 2.05) is 44.2 Å². The molecule has 0 atom stereocenters. The zero-order chi connectivity index (χ0) is 24.1. The number of anilines is 1. The molecule has 0 aliphatic carbocycles. The van der Waals surface area contributed by atoms with Gasteiger partial charge in [-0.1, -0.05) is 44.2 Å². The summed E-state index contributed by atoms with van der Waals surface area (Å²) < 4.78 is 17.2. The van der Waals surface area contributed by atoms with Crippen molar-refractivity contribution in [3.05, 3.63) is 60.6 Å². The second-order valence-corrected chi connectivity index (χ2v) is 7.63. The molecule has 1 fully saturated rings. The molecule has 3 aromatic rings. The topological polar surface area (TPSA) is 102 Å². The molecule has 0 N–H and O–H groups in total. The van der Waals surface area contributed by atoms with Crippen LogP contribution in [0.4, 0.5) is 10.5 Å². The van der Waals surface area contributed by atoms with Crippen LogP contribution in [0.3, 0.4) is 0 Å². The number of carbonyl (C=O) groups excluding carboxylic acids is 3. The van der Waals surface area contributed by atoms with Gasteiger partial charge in [-0.15, -0.1) is 0 Å². The third kappa shape index (κ3) is 4.63. The van der Waals surface area contributed by atoms with Crippen molar-refractivity contribution in [1.82, 2.24) is 9.88 Å². The van der Waals surface area contributed by atoms with Crippen LogP contribution in [0.1, 0.15) is 32.6 Å². The molecule has 1 saturated heterocycles. The van der Waals surface area contributed by atoms with Gasteiger partial charge < -0.3 is 13.9 Å². The summed E-state index contributed by atoms with van der Waals surface area (Å²) in [5, 5.41) is 0. The molecule has 0 unspecified atom stereocenters. The third-order valence-electron chi connectivity index (χ3n) is 5.07. The number of ether oxygens (including phenoxy) is 2. The molecule has 1 aliphatic rings. The predicted molar refractivity (Wildman–Crippen MR) is 123 cm³/mol. The minimum absolute atomic E-state index is 0.144. The quantitative estimate of drug-likeness (QED) is 0.324. The Hall–Kier alpha value is -4.14. The first-order valence-corrected chi connectivity index (χ1v) is 11.1. The van der Waals surface area contributed by atoms with Crippen LogP contribution < -0.4 is 14.4 Å². The number of hydrogen-bond acceptors (Lipinski definition) is 7. The van der Waals surface area contributed by atoms with E-state index >= 15 is 0 Å². The summed E-state index contributed by atoms with van der Waals surface area (Å²) in [6.07, 6.45) is 3.10. The summed E-state index contributed by atoms with van der Waals surface area (Å²) in [6.45, 7) is 4.62. The maximum absolute atomic E-state index is 13.1. The number of rotatable bonds is 10. The average Bonchev–Trinajstić information content (AvgIpc) is 3.41. The number of amides is 4. The van der Waals surface area contributed by atoms with Gasteiger partial charge in [0.1, 0.15) is 6.54 Å². The molecule has 2 aromatic carbocycles. The summed E-state index contributed by atoms with van der Waals surface area (Å²) in [6, 6.07) is 13.2. The second kappa shape index (κ2) is 10.2. The number of nitrogens with zero attached hydrogens (tertiary/aromatic N) is 3. The summed E-state index contributed by atoms with van der Waals surface area (Å²) in [5.41, 5.74) is 1.03. The Labute approximate surface area is 196 Å². The van der Waals surface area contributed by atoms with Crippen LogP contribution in [-0.4, -0.2) is 40.9 Å². The average molecular weight is 463 g/mol. The molecule has 4 amide bonds. The maximum Gasteiger partial charge on any atom is 0.339 e. The Bertz CT molecular complexity index is 1190. The molecular weight excluding hydrogens is 438 g/mol. The smallest absolute Gasteiger partial charge is 0.339 e. The maximum atomic E-state index is 13.1. The first-order chi connectivity index (χ1) is 16.5. The number of imide groups is 2. The van der Waals surface area contributed by atoms with Crippen molar-refractivity contribution in [3.63, 3.8) is 0 Å². The van der Waals surface area contributed by atoms with E-state index < -0.39 is 17.8 Å². The molecule has 1 aromatic heterocycles. The molecule has 176 valence electrons. The third-order valence-corrected chi connectivity index (χ3v) is 5.07. The molecular formula is C25H25N3O6. The van der Waals surface area contributed by atoms with Gasteiger partial charge in [-0.05, 0) is 25.0 Å². The molecule has 2 heterocycles. The summed E-state index contributed by atoms with van der Waals surface area (Å²) in [7, 11) is 0. The predicted octanol–water partition coefficient (Wildman–Crippen LogP) is 4.41. The zero-order valence-corrected chi connectivity index (χ0v) is 19.0. The molecule has 9 nitrogen and oxygen atoms in total. The number of aromatic nitrogens is 1. The first-order valence-electron chi connectivity index (χ1n) is 11.1. The summed E-state index contributed by atoms with van der Waals surface area (Å²) in [5.74, 6) is -0.354. The van der Waals surface area contributed by atoms with E-state index in [4.69, 9.17) is 13.9 Å². The SMILES string of the molecule is CCCOc1ccc(N2C(=O)C(=O)N(Cc3ncc(-c4ccccc4)o3)C2=O)cc1OCCC. The van der Waals surface area contributed by atoms with Crippen LogP contribution in [-0.2, 0) is 16.1 Å². The van der Waals surface area contributed by atoms with Crippen LogP contribution in [0.2, 0.25) is 0 Å². The standard InChI is InChI=1S/C25H25N3O6/c1-3-12-32-19-11-10-18(14-20(19)33-13-4-2)28-24(30)23(29)27(25(28)31)16-22-26-15-21(34-22)17-8-6-5-7-9-17/h5-11,14-15H,3-4,12-13,16H2,1-2H3. The van der Waals surface area contributed by atoms with Gasteiger partial charge in [0.15, 0.2) is 17.3 Å². The Morgan fingerprint density at radius 2 is 1.59 bits per heavy atom. The van der Waals surface area contributed by atoms with Crippen LogP contribution in [0.5, 0.6) is 11.5 Å². The van der Waals surface area contributed by atoms with E-state index in [0.717, 1.165) is 28.2 Å². The highest BCUT2D eigenvalue weighted by molar-refractivity contribution is 6.52. The molecule has 0 radical (unpaired) electrons. The summed E-state index contributed by atoms with van der Waals surface area (Å²) >= 11 is 0. The number of carbonyl (C=O) groups is 3. The number of benzene rings is 2. The minimum Gasteiger partial charge on any atom is -0.490 e. The van der Waals surface area contributed by atoms with Gasteiger partial charge in [0.25, 0.3) is 0 Å². The van der Waals surface area contributed by atoms with Gasteiger partial charge in [-0.25, -0.2) is 19.6 Å². The highest BCUT2D eigenvalue weighted by atomic mass is 16.5. The first kappa shape index (κ1) is 23.0. The molecule has 34 heavy (non-hydrogen) atoms. The van der Waals surface area contributed by atoms with Gasteiger partial charge in [0.05, 0.1) is 25.1 Å². The fourth-order valence-electron chi connectivity index (χ4n) is 3.42. The van der Waals surface area contributed by atoms with Crippen LogP contribution in [0.25, 0.3) is 11.3 Å². The van der Waals surface area contributed by atoms with E-state index in [-0.39, 0.29) is 18.1 Å². The van der Waals surface area contributed by atoms with Crippen LogP contribution in [0, 0.1) is 0 Å². The van der Waals surface area contributed by atoms with Crippen molar-refractivity contribution in [2.45, 2.75) is 33.2 Å². The van der Waals surface area contributed by atoms with Crippen molar-refractivity contribution in [2.24, 2.45) is 0 Å². The Kier molecular flexibility index (Phi) is 6.91. The van der Waals surface area contributed by atoms with Crippen LogP contribution in [0.15, 0.2) is 59.1 Å². The second-order valence-electron chi connectivity index (χ2n) is 7.63. The lowest BCUT2D eigenvalue weighted by molar-refractivity contribution is -0.139. The van der Waals surface area contributed by atoms with Gasteiger partial charge >= 0.3 is 17.8 Å². The molecule has 9 heteroatoms. The van der Waals surface area contributed by atoms with Crippen molar-refractivity contribution in [3.8, 4) is 22.8 Å². The number of hydrogen-bond donors (Lipinski definition) is 0. The molecule has 0 saturated carbocycles. The normalized spacial score (nSPS) is 13.6. The zero-order valence-electron chi connectivity index (χ0n) is 19.0. The van der Waals surface area contributed by atoms with E-state index in [1.54, 1.807) is 12.1 Å². The lowest BCUT2D eigenvalue weighted by Crippen LogP contribution is -2.33. The summed E-state index contributed by atoms with van der Waals surface area (Å²) in [4.78, 5) is 44.2. The van der Waals surface area contributed by atoms with Gasteiger partial charge in [-0.2, -0.15) is 0 Å². The van der Waals surface area contributed by atoms with Gasteiger partial charge in [0, 0.05) is 11.6 Å². The van der Waals surface area contributed by atoms with E-state index in [0.29, 0.717) is 30.5 Å². The van der Waals surface area contributed by atoms with Gasteiger partial charge in [-0.3, -0.25) is 9.59 Å². The van der Waals surface area contributed by atoms with Crippen molar-refractivity contribution >= 4 is 23.5 Å². The molecule has 0 bridgehead atoms. The Morgan fingerprint density at radius 3 is 2.29 bits per heavy atom. The minimum atomic E-state index is -0.955. The van der Waals surface area contributed by atoms with Crippen molar-refractivity contribution in [2.75, 3.05) is 18.1 Å². The lowest BCUT2D eigenvalue weighted by atomic mass is 10.2. The van der Waals surface area contributed by atoms with E-state index in [9.17, 15) is 14.4 Å².